The molecule has 0 atom stereocenters. The second kappa shape index (κ2) is 8.73. The van der Waals surface area contributed by atoms with Gasteiger partial charge in [0.05, 0.1) is 36.1 Å². The molecule has 0 unspecified atom stereocenters. The number of aromatic nitrogens is 3. The molecular weight excluding hydrogens is 424 g/mol. The number of fused-ring (bicyclic) bond motifs is 1. The zero-order valence-electron chi connectivity index (χ0n) is 16.4. The van der Waals surface area contributed by atoms with Gasteiger partial charge in [-0.3, -0.25) is 14.4 Å². The Labute approximate surface area is 182 Å². The van der Waals surface area contributed by atoms with E-state index in [9.17, 15) is 4.79 Å². The Balaban J connectivity index is 1.76. The Bertz CT molecular complexity index is 1180. The summed E-state index contributed by atoms with van der Waals surface area (Å²) in [7, 11) is 3.05. The molecule has 0 aliphatic rings. The number of hydrogen-bond donors (Lipinski definition) is 0. The molecule has 1 amide bonds. The molecular formula is C21H19ClN4O3S. The molecule has 4 rings (SSSR count). The fraction of sp³-hybridized carbons (Fsp3) is 0.190. The standard InChI is InChI=1S/C21H19ClN4O3S/c1-28-16-8-3-6-14(19(16)29-2)20(27)26(13-12-25-11-5-10-23-25)21-24-18-15(22)7-4-9-17(18)30-21/h3-11H,12-13H2,1-2H3. The number of benzene rings is 2. The van der Waals surface area contributed by atoms with Crippen molar-refractivity contribution in [3.8, 4) is 11.5 Å². The van der Waals surface area contributed by atoms with E-state index in [0.29, 0.717) is 45.8 Å². The summed E-state index contributed by atoms with van der Waals surface area (Å²) in [4.78, 5) is 19.9. The van der Waals surface area contributed by atoms with Crippen LogP contribution in [0, 0.1) is 0 Å². The van der Waals surface area contributed by atoms with Crippen LogP contribution in [0.4, 0.5) is 5.13 Å². The minimum absolute atomic E-state index is 0.243. The van der Waals surface area contributed by atoms with Gasteiger partial charge in [0.15, 0.2) is 16.6 Å². The lowest BCUT2D eigenvalue weighted by Crippen LogP contribution is -2.34. The highest BCUT2D eigenvalue weighted by molar-refractivity contribution is 7.22. The highest BCUT2D eigenvalue weighted by Crippen LogP contribution is 2.36. The average molecular weight is 443 g/mol. The summed E-state index contributed by atoms with van der Waals surface area (Å²) in [5.74, 6) is 0.629. The second-order valence-electron chi connectivity index (χ2n) is 6.35. The Morgan fingerprint density at radius 1 is 1.17 bits per heavy atom. The number of carbonyl (C=O) groups is 1. The molecule has 0 bridgehead atoms. The maximum atomic E-state index is 13.6. The van der Waals surface area contributed by atoms with Crippen LogP contribution >= 0.6 is 22.9 Å². The number of anilines is 1. The third kappa shape index (κ3) is 3.83. The molecule has 30 heavy (non-hydrogen) atoms. The quantitative estimate of drug-likeness (QED) is 0.421. The number of methoxy groups -OCH3 is 2. The first-order valence-corrected chi connectivity index (χ1v) is 10.4. The monoisotopic (exact) mass is 442 g/mol. The van der Waals surface area contributed by atoms with Crippen molar-refractivity contribution < 1.29 is 14.3 Å². The highest BCUT2D eigenvalue weighted by Gasteiger charge is 2.26. The van der Waals surface area contributed by atoms with Gasteiger partial charge in [-0.25, -0.2) is 4.98 Å². The van der Waals surface area contributed by atoms with Crippen molar-refractivity contribution in [2.45, 2.75) is 6.54 Å². The van der Waals surface area contributed by atoms with Gasteiger partial charge in [0.25, 0.3) is 5.91 Å². The van der Waals surface area contributed by atoms with Gasteiger partial charge in [0.1, 0.15) is 5.52 Å². The van der Waals surface area contributed by atoms with Crippen LogP contribution in [0.5, 0.6) is 11.5 Å². The molecule has 0 spiro atoms. The molecule has 0 saturated heterocycles. The lowest BCUT2D eigenvalue weighted by atomic mass is 10.1. The largest absolute Gasteiger partial charge is 0.493 e. The summed E-state index contributed by atoms with van der Waals surface area (Å²) in [6.45, 7) is 0.882. The summed E-state index contributed by atoms with van der Waals surface area (Å²) in [5, 5.41) is 5.33. The molecule has 4 aromatic rings. The SMILES string of the molecule is COc1cccc(C(=O)N(CCn2cccn2)c2nc3c(Cl)cccc3s2)c1OC. The smallest absolute Gasteiger partial charge is 0.264 e. The zero-order valence-corrected chi connectivity index (χ0v) is 18.0. The number of hydrogen-bond acceptors (Lipinski definition) is 6. The Kier molecular flexibility index (Phi) is 5.87. The highest BCUT2D eigenvalue weighted by atomic mass is 35.5. The molecule has 0 aliphatic carbocycles. The Morgan fingerprint density at radius 2 is 2.00 bits per heavy atom. The molecule has 2 aromatic heterocycles. The van der Waals surface area contributed by atoms with E-state index in [1.54, 1.807) is 40.0 Å². The van der Waals surface area contributed by atoms with Crippen molar-refractivity contribution >= 4 is 44.2 Å². The summed E-state index contributed by atoms with van der Waals surface area (Å²) >= 11 is 7.72. The lowest BCUT2D eigenvalue weighted by Gasteiger charge is -2.21. The van der Waals surface area contributed by atoms with Gasteiger partial charge in [-0.2, -0.15) is 5.10 Å². The third-order valence-electron chi connectivity index (χ3n) is 4.58. The van der Waals surface area contributed by atoms with Gasteiger partial charge in [-0.05, 0) is 30.3 Å². The topological polar surface area (TPSA) is 69.5 Å². The van der Waals surface area contributed by atoms with Crippen LogP contribution in [-0.2, 0) is 6.54 Å². The number of carbonyl (C=O) groups excluding carboxylic acids is 1. The number of thiazole rings is 1. The van der Waals surface area contributed by atoms with Crippen LogP contribution in [0.3, 0.4) is 0 Å². The molecule has 2 heterocycles. The van der Waals surface area contributed by atoms with Gasteiger partial charge in [-0.15, -0.1) is 0 Å². The van der Waals surface area contributed by atoms with E-state index in [2.05, 4.69) is 10.1 Å². The maximum Gasteiger partial charge on any atom is 0.264 e. The summed E-state index contributed by atoms with van der Waals surface area (Å²) < 4.78 is 13.5. The van der Waals surface area contributed by atoms with E-state index < -0.39 is 0 Å². The van der Waals surface area contributed by atoms with E-state index in [4.69, 9.17) is 21.1 Å². The molecule has 0 radical (unpaired) electrons. The first-order chi connectivity index (χ1) is 14.6. The Hall–Kier alpha value is -3.10. The summed E-state index contributed by atoms with van der Waals surface area (Å²) in [6.07, 6.45) is 3.55. The fourth-order valence-electron chi connectivity index (χ4n) is 3.14. The number of rotatable bonds is 7. The predicted molar refractivity (Wildman–Crippen MR) is 118 cm³/mol. The molecule has 0 saturated carbocycles. The van der Waals surface area contributed by atoms with Crippen LogP contribution in [0.2, 0.25) is 5.02 Å². The van der Waals surface area contributed by atoms with Gasteiger partial charge in [-0.1, -0.05) is 35.1 Å². The molecule has 0 aliphatic heterocycles. The van der Waals surface area contributed by atoms with Crippen molar-refractivity contribution in [2.24, 2.45) is 0 Å². The molecule has 0 fully saturated rings. The van der Waals surface area contributed by atoms with Crippen molar-refractivity contribution in [2.75, 3.05) is 25.7 Å². The van der Waals surface area contributed by atoms with E-state index in [0.717, 1.165) is 4.70 Å². The van der Waals surface area contributed by atoms with E-state index in [-0.39, 0.29) is 5.91 Å². The van der Waals surface area contributed by atoms with Crippen molar-refractivity contribution in [1.82, 2.24) is 14.8 Å². The summed E-state index contributed by atoms with van der Waals surface area (Å²) in [5.41, 5.74) is 1.07. The lowest BCUT2D eigenvalue weighted by molar-refractivity contribution is 0.0982. The number of para-hydroxylation sites is 2. The summed E-state index contributed by atoms with van der Waals surface area (Å²) in [6, 6.07) is 12.7. The first-order valence-electron chi connectivity index (χ1n) is 9.17. The predicted octanol–water partition coefficient (Wildman–Crippen LogP) is 4.51. The normalized spacial score (nSPS) is 10.9. The van der Waals surface area contributed by atoms with Crippen LogP contribution in [0.25, 0.3) is 10.2 Å². The van der Waals surface area contributed by atoms with E-state index in [1.807, 2.05) is 24.4 Å². The minimum Gasteiger partial charge on any atom is -0.493 e. The van der Waals surface area contributed by atoms with Crippen molar-refractivity contribution in [3.05, 3.63) is 65.4 Å². The molecule has 7 nitrogen and oxygen atoms in total. The van der Waals surface area contributed by atoms with Gasteiger partial charge in [0, 0.05) is 18.9 Å². The molecule has 2 aromatic carbocycles. The Morgan fingerprint density at radius 3 is 2.70 bits per heavy atom. The number of nitrogens with zero attached hydrogens (tertiary/aromatic N) is 4. The first kappa shape index (κ1) is 20.2. The van der Waals surface area contributed by atoms with Gasteiger partial charge >= 0.3 is 0 Å². The molecule has 9 heteroatoms. The van der Waals surface area contributed by atoms with Crippen molar-refractivity contribution in [3.63, 3.8) is 0 Å². The molecule has 154 valence electrons. The number of ether oxygens (including phenoxy) is 2. The van der Waals surface area contributed by atoms with E-state index in [1.165, 1.54) is 25.6 Å². The van der Waals surface area contributed by atoms with Crippen LogP contribution in [0.1, 0.15) is 10.4 Å². The fourth-order valence-corrected chi connectivity index (χ4v) is 4.43. The number of halogens is 1. The maximum absolute atomic E-state index is 13.6. The van der Waals surface area contributed by atoms with Gasteiger partial charge in [0.2, 0.25) is 0 Å². The van der Waals surface area contributed by atoms with Crippen LogP contribution in [-0.4, -0.2) is 41.4 Å². The minimum atomic E-state index is -0.243. The van der Waals surface area contributed by atoms with Crippen LogP contribution in [0.15, 0.2) is 54.9 Å². The number of amides is 1. The van der Waals surface area contributed by atoms with Crippen molar-refractivity contribution in [1.29, 1.82) is 0 Å². The molecule has 0 N–H and O–H groups in total. The third-order valence-corrected chi connectivity index (χ3v) is 5.93. The zero-order chi connectivity index (χ0) is 21.1. The van der Waals surface area contributed by atoms with E-state index >= 15 is 0 Å². The van der Waals surface area contributed by atoms with Gasteiger partial charge < -0.3 is 9.47 Å². The second-order valence-corrected chi connectivity index (χ2v) is 7.77. The average Bonchev–Trinajstić information content (AvgIpc) is 3.43. The van der Waals surface area contributed by atoms with Crippen LogP contribution < -0.4 is 14.4 Å².